The van der Waals surface area contributed by atoms with Gasteiger partial charge in [0.15, 0.2) is 5.82 Å². The highest BCUT2D eigenvalue weighted by Gasteiger charge is 2.24. The first-order valence-corrected chi connectivity index (χ1v) is 12.2. The van der Waals surface area contributed by atoms with Gasteiger partial charge in [0.05, 0.1) is 24.5 Å². The van der Waals surface area contributed by atoms with Crippen molar-refractivity contribution in [1.29, 1.82) is 0 Å². The number of H-pyrrole nitrogens is 1. The van der Waals surface area contributed by atoms with Gasteiger partial charge in [0.2, 0.25) is 0 Å². The lowest BCUT2D eigenvalue weighted by Gasteiger charge is -2.21. The third kappa shape index (κ3) is 4.77. The van der Waals surface area contributed by atoms with Gasteiger partial charge in [-0.3, -0.25) is 0 Å². The fourth-order valence-electron chi connectivity index (χ4n) is 4.32. The normalized spacial score (nSPS) is 11.8. The molecular formula is C29H25N7O2. The number of nitrogens with one attached hydrogen (secondary N) is 2. The molecule has 0 aliphatic carbocycles. The fraction of sp³-hybridized carbons (Fsp3) is 0.103. The highest BCUT2D eigenvalue weighted by molar-refractivity contribution is 5.79. The minimum absolute atomic E-state index is 0.376. The molecule has 2 N–H and O–H groups in total. The summed E-state index contributed by atoms with van der Waals surface area (Å²) >= 11 is 0. The number of fused-ring (bicyclic) bond motifs is 1. The lowest BCUT2D eigenvalue weighted by atomic mass is 10.0. The van der Waals surface area contributed by atoms with Crippen molar-refractivity contribution in [2.75, 3.05) is 12.4 Å². The number of aromatic amines is 1. The summed E-state index contributed by atoms with van der Waals surface area (Å²) in [5.74, 6) is 2.05. The Bertz CT molecular complexity index is 1650. The Labute approximate surface area is 219 Å². The summed E-state index contributed by atoms with van der Waals surface area (Å²) in [5.41, 5.74) is 5.51. The molecule has 6 aromatic rings. The van der Waals surface area contributed by atoms with E-state index in [1.54, 1.807) is 18.1 Å². The number of imidazole rings is 1. The van der Waals surface area contributed by atoms with E-state index >= 15 is 0 Å². The third-order valence-corrected chi connectivity index (χ3v) is 6.26. The highest BCUT2D eigenvalue weighted by Crippen LogP contribution is 2.31. The molecule has 1 unspecified atom stereocenters. The van der Waals surface area contributed by atoms with Gasteiger partial charge < -0.3 is 19.8 Å². The van der Waals surface area contributed by atoms with Crippen LogP contribution in [0.3, 0.4) is 0 Å². The standard InChI is InChI=1S/C29H25N7O2/c1-37-23-14-11-21(12-15-23)28(32-22-13-16-24-25(17-22)31-19-30-24)29-33-34-35-36(29)26-9-5-6-10-27(26)38-18-20-7-3-2-4-8-20/h2-17,19,28,32H,18H2,1H3,(H,30,31). The molecule has 38 heavy (non-hydrogen) atoms. The van der Waals surface area contributed by atoms with E-state index in [-0.39, 0.29) is 6.04 Å². The molecule has 0 bridgehead atoms. The molecule has 4 aromatic carbocycles. The first-order valence-electron chi connectivity index (χ1n) is 12.2. The van der Waals surface area contributed by atoms with E-state index in [0.717, 1.165) is 39.3 Å². The van der Waals surface area contributed by atoms with Gasteiger partial charge in [0.25, 0.3) is 0 Å². The maximum Gasteiger partial charge on any atom is 0.183 e. The number of ether oxygens (including phenoxy) is 2. The lowest BCUT2D eigenvalue weighted by molar-refractivity contribution is 0.304. The Balaban J connectivity index is 1.38. The molecule has 0 fully saturated rings. The average Bonchev–Trinajstić information content (AvgIpc) is 3.65. The monoisotopic (exact) mass is 503 g/mol. The lowest BCUT2D eigenvalue weighted by Crippen LogP contribution is -2.18. The second-order valence-corrected chi connectivity index (χ2v) is 8.68. The molecule has 9 heteroatoms. The van der Waals surface area contributed by atoms with Crippen LogP contribution in [0, 0.1) is 0 Å². The molecular weight excluding hydrogens is 478 g/mol. The quantitative estimate of drug-likeness (QED) is 0.275. The van der Waals surface area contributed by atoms with Crippen LogP contribution in [0.1, 0.15) is 23.0 Å². The molecule has 0 saturated heterocycles. The molecule has 188 valence electrons. The fourth-order valence-corrected chi connectivity index (χ4v) is 4.32. The number of benzene rings is 4. The summed E-state index contributed by atoms with van der Waals surface area (Å²) in [6.07, 6.45) is 1.68. The SMILES string of the molecule is COc1ccc(C(Nc2ccc3nc[nH]c3c2)c2nnnn2-c2ccccc2OCc2ccccc2)cc1. The number of hydrogen-bond donors (Lipinski definition) is 2. The highest BCUT2D eigenvalue weighted by atomic mass is 16.5. The van der Waals surface area contributed by atoms with Crippen LogP contribution in [0.4, 0.5) is 5.69 Å². The van der Waals surface area contributed by atoms with Crippen LogP contribution in [0.15, 0.2) is 103 Å². The average molecular weight is 504 g/mol. The van der Waals surface area contributed by atoms with Crippen molar-refractivity contribution in [2.24, 2.45) is 0 Å². The van der Waals surface area contributed by atoms with Crippen LogP contribution < -0.4 is 14.8 Å². The summed E-state index contributed by atoms with van der Waals surface area (Å²) < 4.78 is 13.3. The molecule has 0 amide bonds. The van der Waals surface area contributed by atoms with Crippen LogP contribution in [-0.4, -0.2) is 37.3 Å². The Morgan fingerprint density at radius 3 is 2.58 bits per heavy atom. The van der Waals surface area contributed by atoms with Crippen LogP contribution in [0.2, 0.25) is 0 Å². The predicted molar refractivity (Wildman–Crippen MR) is 144 cm³/mol. The largest absolute Gasteiger partial charge is 0.497 e. The zero-order chi connectivity index (χ0) is 25.7. The van der Waals surface area contributed by atoms with Gasteiger partial charge in [-0.25, -0.2) is 4.98 Å². The Morgan fingerprint density at radius 2 is 1.74 bits per heavy atom. The number of tetrazole rings is 1. The van der Waals surface area contributed by atoms with E-state index in [9.17, 15) is 0 Å². The second kappa shape index (κ2) is 10.4. The van der Waals surface area contributed by atoms with Gasteiger partial charge in [-0.1, -0.05) is 54.6 Å². The molecule has 0 radical (unpaired) electrons. The molecule has 2 heterocycles. The summed E-state index contributed by atoms with van der Waals surface area (Å²) in [7, 11) is 1.65. The second-order valence-electron chi connectivity index (χ2n) is 8.68. The molecule has 0 saturated carbocycles. The van der Waals surface area contributed by atoms with Crippen molar-refractivity contribution in [3.63, 3.8) is 0 Å². The van der Waals surface area contributed by atoms with E-state index in [1.807, 2.05) is 97.1 Å². The topological polar surface area (TPSA) is 103 Å². The molecule has 0 aliphatic heterocycles. The van der Waals surface area contributed by atoms with E-state index in [0.29, 0.717) is 18.2 Å². The molecule has 1 atom stereocenters. The van der Waals surface area contributed by atoms with Gasteiger partial charge in [-0.2, -0.15) is 4.68 Å². The van der Waals surface area contributed by atoms with Gasteiger partial charge in [0, 0.05) is 5.69 Å². The Kier molecular flexibility index (Phi) is 6.38. The minimum Gasteiger partial charge on any atom is -0.497 e. The summed E-state index contributed by atoms with van der Waals surface area (Å²) in [4.78, 5) is 7.49. The number of anilines is 1. The van der Waals surface area contributed by atoms with E-state index < -0.39 is 0 Å². The van der Waals surface area contributed by atoms with Gasteiger partial charge in [0.1, 0.15) is 29.8 Å². The van der Waals surface area contributed by atoms with E-state index in [4.69, 9.17) is 9.47 Å². The molecule has 9 nitrogen and oxygen atoms in total. The zero-order valence-electron chi connectivity index (χ0n) is 20.7. The van der Waals surface area contributed by atoms with Crippen molar-refractivity contribution in [2.45, 2.75) is 12.6 Å². The zero-order valence-corrected chi connectivity index (χ0v) is 20.7. The number of para-hydroxylation sites is 2. The van der Waals surface area contributed by atoms with Gasteiger partial charge in [-0.15, -0.1) is 5.10 Å². The van der Waals surface area contributed by atoms with Crippen molar-refractivity contribution in [3.05, 3.63) is 120 Å². The maximum absolute atomic E-state index is 6.21. The van der Waals surface area contributed by atoms with Crippen molar-refractivity contribution >= 4 is 16.7 Å². The van der Waals surface area contributed by atoms with Crippen molar-refractivity contribution in [1.82, 2.24) is 30.2 Å². The van der Waals surface area contributed by atoms with Crippen LogP contribution in [-0.2, 0) is 6.61 Å². The van der Waals surface area contributed by atoms with Crippen molar-refractivity contribution in [3.8, 4) is 17.2 Å². The van der Waals surface area contributed by atoms with E-state index in [2.05, 4.69) is 30.8 Å². The molecule has 0 spiro atoms. The van der Waals surface area contributed by atoms with Crippen LogP contribution >= 0.6 is 0 Å². The van der Waals surface area contributed by atoms with Gasteiger partial charge in [-0.05, 0) is 64.0 Å². The third-order valence-electron chi connectivity index (χ3n) is 6.26. The number of rotatable bonds is 9. The van der Waals surface area contributed by atoms with Crippen molar-refractivity contribution < 1.29 is 9.47 Å². The Hall–Kier alpha value is -5.18. The van der Waals surface area contributed by atoms with Crippen LogP contribution in [0.25, 0.3) is 16.7 Å². The smallest absolute Gasteiger partial charge is 0.183 e. The van der Waals surface area contributed by atoms with Gasteiger partial charge >= 0.3 is 0 Å². The summed E-state index contributed by atoms with van der Waals surface area (Å²) in [6.45, 7) is 0.430. The van der Waals surface area contributed by atoms with E-state index in [1.165, 1.54) is 0 Å². The number of nitrogens with zero attached hydrogens (tertiary/aromatic N) is 5. The predicted octanol–water partition coefficient (Wildman–Crippen LogP) is 5.33. The minimum atomic E-state index is -0.376. The molecule has 0 aliphatic rings. The first kappa shape index (κ1) is 23.2. The Morgan fingerprint density at radius 1 is 0.921 bits per heavy atom. The summed E-state index contributed by atoms with van der Waals surface area (Å²) in [5, 5.41) is 16.5. The number of aromatic nitrogens is 6. The number of hydrogen-bond acceptors (Lipinski definition) is 7. The summed E-state index contributed by atoms with van der Waals surface area (Å²) in [6, 6.07) is 31.2. The first-order chi connectivity index (χ1) is 18.8. The molecule has 2 aromatic heterocycles. The molecule has 6 rings (SSSR count). The van der Waals surface area contributed by atoms with Crippen LogP contribution in [0.5, 0.6) is 11.5 Å². The number of methoxy groups -OCH3 is 1. The maximum atomic E-state index is 6.21.